The lowest BCUT2D eigenvalue weighted by atomic mass is 10.6. The van der Waals surface area contributed by atoms with Gasteiger partial charge in [0, 0.05) is 12.2 Å². The zero-order valence-corrected chi connectivity index (χ0v) is 5.40. The smallest absolute Gasteiger partial charge is 0.257 e. The minimum atomic E-state index is -0.329. The van der Waals surface area contributed by atoms with Crippen molar-refractivity contribution in [3.63, 3.8) is 0 Å². The van der Waals surface area contributed by atoms with E-state index >= 15 is 0 Å². The van der Waals surface area contributed by atoms with Gasteiger partial charge in [0.05, 0.1) is 0 Å². The number of nitrogens with zero attached hydrogens (tertiary/aromatic N) is 1. The molecule has 0 aromatic rings. The lowest BCUT2D eigenvalue weighted by Crippen LogP contribution is -2.19. The van der Waals surface area contributed by atoms with Crippen molar-refractivity contribution in [2.24, 2.45) is 10.9 Å². The fourth-order valence-electron chi connectivity index (χ4n) is 0.356. The summed E-state index contributed by atoms with van der Waals surface area (Å²) in [6, 6.07) is 0. The van der Waals surface area contributed by atoms with Gasteiger partial charge in [-0.2, -0.15) is 0 Å². The van der Waals surface area contributed by atoms with Crippen molar-refractivity contribution in [3.05, 3.63) is 12.2 Å². The normalized spacial score (nSPS) is 12.7. The number of nitrogens with two attached hydrogens (primary N) is 1. The van der Waals surface area contributed by atoms with Crippen molar-refractivity contribution >= 4 is 17.9 Å². The van der Waals surface area contributed by atoms with E-state index in [1.807, 2.05) is 5.32 Å². The largest absolute Gasteiger partial charge is 0.312 e. The number of hydrogen-bond donors (Lipinski definition) is 2. The van der Waals surface area contributed by atoms with E-state index in [0.717, 1.165) is 6.08 Å². The van der Waals surface area contributed by atoms with E-state index in [2.05, 4.69) is 10.9 Å². The Kier molecular flexibility index (Phi) is 4.03. The van der Waals surface area contributed by atoms with E-state index in [4.69, 9.17) is 4.79 Å². The minimum absolute atomic E-state index is 0.329. The molecule has 0 radical (unpaired) electrons. The molecule has 0 spiro atoms. The van der Waals surface area contributed by atoms with Crippen LogP contribution in [-0.2, 0) is 14.4 Å². The molecule has 1 aliphatic rings. The molecule has 0 fully saturated rings. The van der Waals surface area contributed by atoms with Crippen LogP contribution in [0.25, 0.3) is 0 Å². The molecule has 1 aliphatic heterocycles. The zero-order valence-electron chi connectivity index (χ0n) is 5.40. The first-order valence-corrected chi connectivity index (χ1v) is 2.50. The minimum Gasteiger partial charge on any atom is -0.312 e. The third-order valence-electron chi connectivity index (χ3n) is 0.685. The van der Waals surface area contributed by atoms with Crippen LogP contribution in [-0.4, -0.2) is 17.9 Å². The quantitative estimate of drug-likeness (QED) is 0.144. The molecule has 0 atom stereocenters. The summed E-state index contributed by atoms with van der Waals surface area (Å²) in [6.07, 6.45) is 3.48. The highest BCUT2D eigenvalue weighted by molar-refractivity contribution is 6.12. The van der Waals surface area contributed by atoms with Crippen molar-refractivity contribution in [3.8, 4) is 0 Å². The number of carbonyl (C=O) groups is 2. The average Bonchev–Trinajstić information content (AvgIpc) is 2.35. The molecular weight excluding hydrogens is 150 g/mol. The van der Waals surface area contributed by atoms with E-state index < -0.39 is 0 Å². The van der Waals surface area contributed by atoms with E-state index in [-0.39, 0.29) is 11.8 Å². The van der Waals surface area contributed by atoms with Crippen molar-refractivity contribution in [2.75, 3.05) is 0 Å². The summed E-state index contributed by atoms with van der Waals surface area (Å²) in [5, 5.41) is 4.46. The van der Waals surface area contributed by atoms with Gasteiger partial charge in [-0.25, -0.2) is 4.79 Å². The van der Waals surface area contributed by atoms with Gasteiger partial charge in [-0.15, -0.1) is 0 Å². The van der Waals surface area contributed by atoms with Crippen LogP contribution < -0.4 is 11.2 Å². The Morgan fingerprint density at radius 3 is 1.82 bits per heavy atom. The Morgan fingerprint density at radius 2 is 1.73 bits per heavy atom. The van der Waals surface area contributed by atoms with E-state index in [0.29, 0.717) is 0 Å². The van der Waals surface area contributed by atoms with Gasteiger partial charge in [-0.3, -0.25) is 14.9 Å². The zero-order chi connectivity index (χ0) is 8.69. The van der Waals surface area contributed by atoms with Gasteiger partial charge in [0.15, 0.2) is 0 Å². The molecule has 3 N–H and O–H groups in total. The van der Waals surface area contributed by atoms with Gasteiger partial charge < -0.3 is 5.84 Å². The van der Waals surface area contributed by atoms with Crippen LogP contribution in [0.1, 0.15) is 0 Å². The second-order valence-electron chi connectivity index (χ2n) is 1.41. The first-order chi connectivity index (χ1) is 5.20. The molecule has 58 valence electrons. The maximum atomic E-state index is 10.0. The van der Waals surface area contributed by atoms with Gasteiger partial charge in [0.1, 0.15) is 0 Å². The first-order valence-electron chi connectivity index (χ1n) is 2.50. The fourth-order valence-corrected chi connectivity index (χ4v) is 0.356. The average molecular weight is 155 g/mol. The van der Waals surface area contributed by atoms with Crippen LogP contribution in [0.15, 0.2) is 17.3 Å². The summed E-state index contributed by atoms with van der Waals surface area (Å²) in [5.41, 5.74) is 0. The predicted molar refractivity (Wildman–Crippen MR) is 34.6 cm³/mol. The summed E-state index contributed by atoms with van der Waals surface area (Å²) < 4.78 is 0. The Hall–Kier alpha value is -1.94. The summed E-state index contributed by atoms with van der Waals surface area (Å²) in [4.78, 5) is 28.8. The van der Waals surface area contributed by atoms with Crippen LogP contribution in [0.4, 0.5) is 0 Å². The summed E-state index contributed by atoms with van der Waals surface area (Å²) in [7, 11) is 0. The Balaban J connectivity index is 0.000000218. The van der Waals surface area contributed by atoms with Crippen molar-refractivity contribution in [2.45, 2.75) is 0 Å². The molecule has 6 heteroatoms. The number of imide groups is 1. The molecule has 6 nitrogen and oxygen atoms in total. The molecule has 0 bridgehead atoms. The highest BCUT2D eigenvalue weighted by Gasteiger charge is 2.06. The Bertz CT molecular complexity index is 223. The third-order valence-corrected chi connectivity index (χ3v) is 0.685. The second kappa shape index (κ2) is 4.89. The number of nitrogens with one attached hydrogen (secondary N) is 1. The number of isocyanates is 1. The maximum Gasteiger partial charge on any atom is 0.257 e. The number of hydrazone groups is 1. The molecular formula is C5H5N3O3. The number of rotatable bonds is 0. The van der Waals surface area contributed by atoms with Gasteiger partial charge in [0.2, 0.25) is 0 Å². The molecule has 11 heavy (non-hydrogen) atoms. The van der Waals surface area contributed by atoms with E-state index in [1.165, 1.54) is 12.2 Å². The Labute approximate surface area is 61.7 Å². The molecule has 0 aromatic carbocycles. The highest BCUT2D eigenvalue weighted by atomic mass is 16.2. The first kappa shape index (κ1) is 9.06. The summed E-state index contributed by atoms with van der Waals surface area (Å²) >= 11 is 0. The van der Waals surface area contributed by atoms with Gasteiger partial charge >= 0.3 is 0 Å². The topological polar surface area (TPSA) is 102 Å². The van der Waals surface area contributed by atoms with Crippen LogP contribution in [0.2, 0.25) is 0 Å². The van der Waals surface area contributed by atoms with Gasteiger partial charge in [-0.1, -0.05) is 5.10 Å². The molecule has 0 aromatic heterocycles. The summed E-state index contributed by atoms with van der Waals surface area (Å²) in [6.45, 7) is 0. The third kappa shape index (κ3) is 4.56. The Morgan fingerprint density at radius 1 is 1.36 bits per heavy atom. The molecule has 2 amide bonds. The van der Waals surface area contributed by atoms with Crippen LogP contribution >= 0.6 is 0 Å². The summed E-state index contributed by atoms with van der Waals surface area (Å²) in [5.74, 6) is 3.57. The van der Waals surface area contributed by atoms with Gasteiger partial charge in [0.25, 0.3) is 17.9 Å². The molecule has 0 saturated carbocycles. The van der Waals surface area contributed by atoms with E-state index in [1.54, 1.807) is 0 Å². The molecule has 0 aliphatic carbocycles. The second-order valence-corrected chi connectivity index (χ2v) is 1.41. The van der Waals surface area contributed by atoms with Gasteiger partial charge in [-0.05, 0) is 0 Å². The predicted octanol–water partition coefficient (Wildman–Crippen LogP) is -1.61. The number of hydrogen-bond acceptors (Lipinski definition) is 5. The molecule has 0 unspecified atom stereocenters. The highest BCUT2D eigenvalue weighted by Crippen LogP contribution is 1.82. The van der Waals surface area contributed by atoms with Crippen molar-refractivity contribution in [1.82, 2.24) is 5.32 Å². The van der Waals surface area contributed by atoms with Crippen molar-refractivity contribution < 1.29 is 14.4 Å². The van der Waals surface area contributed by atoms with E-state index in [9.17, 15) is 9.59 Å². The van der Waals surface area contributed by atoms with Crippen LogP contribution in [0, 0.1) is 0 Å². The molecule has 1 heterocycles. The SMILES string of the molecule is NN=C=O.O=C1C=CC(=O)N1. The number of carbonyl (C=O) groups excluding carboxylic acids is 3. The standard InChI is InChI=1S/C4H3NO2.CH2N2O/c6-3-1-2-4(7)5-3;2-3-1-4/h1-2H,(H,5,6,7);2H2. The maximum absolute atomic E-state index is 10.0. The lowest BCUT2D eigenvalue weighted by molar-refractivity contribution is -0.123. The monoisotopic (exact) mass is 155 g/mol. The lowest BCUT2D eigenvalue weighted by Gasteiger charge is -1.80. The number of amides is 2. The van der Waals surface area contributed by atoms with Crippen molar-refractivity contribution in [1.29, 1.82) is 0 Å². The molecule has 1 rings (SSSR count). The fraction of sp³-hybridized carbons (Fsp3) is 0. The molecule has 0 saturated heterocycles. The van der Waals surface area contributed by atoms with Crippen LogP contribution in [0.3, 0.4) is 0 Å². The van der Waals surface area contributed by atoms with Crippen LogP contribution in [0.5, 0.6) is 0 Å².